The molecule has 2 saturated carbocycles. The molecule has 3 aromatic carbocycles. The molecule has 6 heterocycles. The number of halogens is 2. The van der Waals surface area contributed by atoms with E-state index < -0.39 is 41.3 Å². The number of aromatic hydroxyl groups is 1. The molecule has 6 aliphatic rings. The predicted molar refractivity (Wildman–Crippen MR) is 297 cm³/mol. The number of phenols is 1. The first-order valence-electron chi connectivity index (χ1n) is 28.6. The Morgan fingerprint density at radius 1 is 0.925 bits per heavy atom. The number of piperazine rings is 1. The molecule has 0 spiro atoms. The molecule has 17 nitrogen and oxygen atoms in total. The van der Waals surface area contributed by atoms with E-state index in [0.29, 0.717) is 73.5 Å². The second kappa shape index (κ2) is 23.0. The van der Waals surface area contributed by atoms with Gasteiger partial charge in [-0.3, -0.25) is 34.4 Å². The van der Waals surface area contributed by atoms with Gasteiger partial charge in [0.15, 0.2) is 5.82 Å². The fraction of sp³-hybridized carbons (Fsp3) is 0.508. The number of benzene rings is 3. The average molecular weight is 1090 g/mol. The van der Waals surface area contributed by atoms with Gasteiger partial charge >= 0.3 is 12.1 Å². The lowest BCUT2D eigenvalue weighted by molar-refractivity contribution is -0.136. The van der Waals surface area contributed by atoms with Crippen LogP contribution in [0.25, 0.3) is 32.9 Å². The minimum Gasteiger partial charge on any atom is -0.508 e. The van der Waals surface area contributed by atoms with Crippen molar-refractivity contribution in [2.75, 3.05) is 56.7 Å². The summed E-state index contributed by atoms with van der Waals surface area (Å²) in [6, 6.07) is 10.1. The van der Waals surface area contributed by atoms with Gasteiger partial charge in [-0.05, 0) is 130 Å². The monoisotopic (exact) mass is 1090 g/mol. The number of phenolic OH excluding ortho intramolecular Hbond substituents is 1. The van der Waals surface area contributed by atoms with Crippen molar-refractivity contribution in [3.63, 3.8) is 0 Å². The van der Waals surface area contributed by atoms with E-state index in [2.05, 4.69) is 38.7 Å². The van der Waals surface area contributed by atoms with Crippen molar-refractivity contribution in [3.8, 4) is 35.4 Å². The summed E-state index contributed by atoms with van der Waals surface area (Å²) in [4.78, 5) is 82.6. The van der Waals surface area contributed by atoms with Crippen LogP contribution in [0.3, 0.4) is 0 Å². The number of terminal acetylenes is 1. The third kappa shape index (κ3) is 10.9. The summed E-state index contributed by atoms with van der Waals surface area (Å²) < 4.78 is 45.1. The van der Waals surface area contributed by atoms with Crippen LogP contribution < -0.4 is 25.6 Å². The number of fused-ring (bicyclic) bond motifs is 6. The second-order valence-corrected chi connectivity index (χ2v) is 23.3. The van der Waals surface area contributed by atoms with Crippen LogP contribution in [0.5, 0.6) is 11.8 Å². The van der Waals surface area contributed by atoms with Crippen molar-refractivity contribution < 1.29 is 47.3 Å². The Labute approximate surface area is 463 Å². The van der Waals surface area contributed by atoms with Crippen molar-refractivity contribution in [2.45, 2.75) is 128 Å². The Balaban J connectivity index is 0.662. The van der Waals surface area contributed by atoms with E-state index in [9.17, 15) is 29.1 Å². The number of nitrogens with one attached hydrogen (secondary N) is 3. The van der Waals surface area contributed by atoms with Crippen LogP contribution in [0.15, 0.2) is 48.7 Å². The van der Waals surface area contributed by atoms with Gasteiger partial charge in [0.25, 0.3) is 11.8 Å². The Bertz CT molecular complexity index is 3300. The summed E-state index contributed by atoms with van der Waals surface area (Å²) >= 11 is 0. The van der Waals surface area contributed by atoms with Crippen LogP contribution in [0, 0.1) is 47.1 Å². The molecule has 4 aliphatic heterocycles. The van der Waals surface area contributed by atoms with Gasteiger partial charge in [0.05, 0.1) is 35.3 Å². The van der Waals surface area contributed by atoms with E-state index in [1.807, 2.05) is 0 Å². The quantitative estimate of drug-likeness (QED) is 0.0367. The van der Waals surface area contributed by atoms with Crippen molar-refractivity contribution in [3.05, 3.63) is 77.0 Å². The number of ether oxygens (including phenoxy) is 2. The zero-order chi connectivity index (χ0) is 55.8. The number of anilines is 2. The molecule has 11 rings (SSSR count). The highest BCUT2D eigenvalue weighted by molar-refractivity contribution is 6.23. The molecular weight excluding hydrogens is 1020 g/mol. The lowest BCUT2D eigenvalue weighted by Gasteiger charge is -2.35. The van der Waals surface area contributed by atoms with Crippen LogP contribution in [-0.2, 0) is 14.3 Å². The summed E-state index contributed by atoms with van der Waals surface area (Å²) in [7, 11) is 1.79. The van der Waals surface area contributed by atoms with E-state index in [4.69, 9.17) is 25.9 Å². The van der Waals surface area contributed by atoms with Crippen molar-refractivity contribution >= 4 is 62.9 Å². The highest BCUT2D eigenvalue weighted by Gasteiger charge is 2.49. The first kappa shape index (κ1) is 54.5. The zero-order valence-corrected chi connectivity index (χ0v) is 45.5. The summed E-state index contributed by atoms with van der Waals surface area (Å²) in [6.45, 7) is 5.63. The fourth-order valence-electron chi connectivity index (χ4n) is 13.7. The van der Waals surface area contributed by atoms with Gasteiger partial charge < -0.3 is 35.0 Å². The molecule has 2 bridgehead atoms. The van der Waals surface area contributed by atoms with E-state index in [0.717, 1.165) is 94.8 Å². The fourth-order valence-corrected chi connectivity index (χ4v) is 13.7. The number of piperidine rings is 1. The van der Waals surface area contributed by atoms with Gasteiger partial charge in [-0.1, -0.05) is 44.6 Å². The van der Waals surface area contributed by atoms with Gasteiger partial charge in [0.2, 0.25) is 11.8 Å². The lowest BCUT2D eigenvalue weighted by atomic mass is 9.75. The number of rotatable bonds is 18. The smallest absolute Gasteiger partial charge is 0.409 e. The highest BCUT2D eigenvalue weighted by Crippen LogP contribution is 2.54. The van der Waals surface area contributed by atoms with Crippen LogP contribution >= 0.6 is 0 Å². The van der Waals surface area contributed by atoms with Gasteiger partial charge in [-0.25, -0.2) is 13.6 Å². The number of hydrogen-bond acceptors (Lipinski definition) is 14. The number of pyridine rings is 1. The van der Waals surface area contributed by atoms with E-state index in [1.54, 1.807) is 36.3 Å². The molecule has 80 heavy (non-hydrogen) atoms. The van der Waals surface area contributed by atoms with Gasteiger partial charge in [-0.15, -0.1) is 6.42 Å². The van der Waals surface area contributed by atoms with Crippen molar-refractivity contribution in [1.29, 1.82) is 0 Å². The maximum absolute atomic E-state index is 17.3. The summed E-state index contributed by atoms with van der Waals surface area (Å²) in [6.07, 6.45) is 20.8. The number of aromatic nitrogens is 3. The molecule has 4 N–H and O–H groups in total. The molecular formula is C61H69F2N9O8. The molecule has 5 aromatic rings. The highest BCUT2D eigenvalue weighted by atomic mass is 19.1. The van der Waals surface area contributed by atoms with E-state index >= 15 is 8.78 Å². The number of imide groups is 2. The van der Waals surface area contributed by atoms with Gasteiger partial charge in [-0.2, -0.15) is 9.97 Å². The van der Waals surface area contributed by atoms with Crippen molar-refractivity contribution in [1.82, 2.24) is 35.4 Å². The molecule has 0 radical (unpaired) electrons. The Hall–Kier alpha value is -7.46. The molecule has 2 aromatic heterocycles. The SMILES string of the molecule is C#Cc1c(F)ccc2cc(O)cc(-c3ncc4c(N5CC6CCC(C5)N6)nc(OC[C@@]56CC[C@@H](COC(=O)N(C)CCCCCCCCNc7ccc8c(c7)C(=O)N(C7CCC(=O)NC7=O)C8=O)CC[C@H]5CC(C)C6)nc4c3F)c12. The third-order valence-corrected chi connectivity index (χ3v) is 17.8. The largest absolute Gasteiger partial charge is 0.508 e. The Morgan fingerprint density at radius 2 is 1.70 bits per heavy atom. The molecule has 5 fully saturated rings. The van der Waals surface area contributed by atoms with E-state index in [1.165, 1.54) is 24.3 Å². The molecule has 420 valence electrons. The van der Waals surface area contributed by atoms with Crippen LogP contribution in [0.1, 0.15) is 136 Å². The maximum Gasteiger partial charge on any atom is 0.409 e. The predicted octanol–water partition coefficient (Wildman–Crippen LogP) is 9.27. The van der Waals surface area contributed by atoms with Crippen LogP contribution in [0.2, 0.25) is 0 Å². The number of unbranched alkanes of at least 4 members (excludes halogenated alkanes) is 5. The minimum absolute atomic E-state index is 0.0127. The van der Waals surface area contributed by atoms with Gasteiger partial charge in [0, 0.05) is 80.0 Å². The van der Waals surface area contributed by atoms with Gasteiger partial charge in [0.1, 0.15) is 34.6 Å². The first-order valence-corrected chi connectivity index (χ1v) is 28.6. The molecule has 7 atom stereocenters. The van der Waals surface area contributed by atoms with Crippen LogP contribution in [-0.4, -0.2) is 124 Å². The summed E-state index contributed by atoms with van der Waals surface area (Å²) in [5.41, 5.74) is 1.02. The standard InChI is InChI=1S/C61H69F2N9O8/c1-4-43-48(62)18-12-37-26-42(73)28-46(51(37)43)53-52(63)54-47(30-65-53)55(71-31-40-14-15-41(32-71)66-40)69-59(68-54)80-34-61-22-21-36(11-13-38(61)25-35(2)29-61)33-79-60(78)70(3)24-10-8-6-5-7-9-23-64-39-16-17-44-45(27-39)58(77)72(57(44)76)49-19-20-50(74)67-56(49)75/h1,12,16-18,26-28,30,35-36,38,40-41,49,64,66,73H,5-11,13-15,19-25,29,31-34H2,2-3H3,(H,67,74,75)/t35?,36-,38-,40?,41?,49?,61-/m0/s1. The molecule has 4 unspecified atom stereocenters. The Kier molecular flexibility index (Phi) is 15.6. The average Bonchev–Trinajstić information content (AvgIpc) is 4.04. The third-order valence-electron chi connectivity index (χ3n) is 17.8. The lowest BCUT2D eigenvalue weighted by Crippen LogP contribution is -2.54. The second-order valence-electron chi connectivity index (χ2n) is 23.3. The number of carbonyl (C=O) groups is 5. The number of carbonyl (C=O) groups excluding carboxylic acids is 5. The van der Waals surface area contributed by atoms with Crippen LogP contribution in [0.4, 0.5) is 25.1 Å². The maximum atomic E-state index is 17.3. The number of nitrogens with zero attached hydrogens (tertiary/aromatic N) is 6. The number of hydrogen-bond donors (Lipinski definition) is 4. The molecule has 3 saturated heterocycles. The summed E-state index contributed by atoms with van der Waals surface area (Å²) in [5.74, 6) is 0.383. The zero-order valence-electron chi connectivity index (χ0n) is 45.5. The normalized spacial score (nSPS) is 24.4. The molecule has 5 amide bonds. The first-order chi connectivity index (χ1) is 38.7. The molecule has 2 aliphatic carbocycles. The van der Waals surface area contributed by atoms with E-state index in [-0.39, 0.29) is 93.0 Å². The number of amides is 5. The topological polar surface area (TPSA) is 209 Å². The van der Waals surface area contributed by atoms with Crippen molar-refractivity contribution in [2.24, 2.45) is 23.2 Å². The Morgan fingerprint density at radius 3 is 2.49 bits per heavy atom. The minimum atomic E-state index is -0.998. The summed E-state index contributed by atoms with van der Waals surface area (Å²) in [5, 5.41) is 21.1. The molecule has 19 heteroatoms.